The zero-order chi connectivity index (χ0) is 20.9. The number of hydrogen-bond acceptors (Lipinski definition) is 7. The van der Waals surface area contributed by atoms with E-state index in [9.17, 15) is 13.2 Å². The Morgan fingerprint density at radius 1 is 1.00 bits per heavy atom. The molecule has 1 aliphatic rings. The van der Waals surface area contributed by atoms with Crippen molar-refractivity contribution in [2.24, 2.45) is 0 Å². The van der Waals surface area contributed by atoms with Gasteiger partial charge in [-0.05, 0) is 31.2 Å². The van der Waals surface area contributed by atoms with Gasteiger partial charge in [-0.2, -0.15) is 17.7 Å². The van der Waals surface area contributed by atoms with Crippen molar-refractivity contribution >= 4 is 33.0 Å². The fourth-order valence-electron chi connectivity index (χ4n) is 3.69. The molecule has 1 aromatic carbocycles. The minimum absolute atomic E-state index is 0.0779. The average Bonchev–Trinajstić information content (AvgIpc) is 3.37. The van der Waals surface area contributed by atoms with Crippen LogP contribution in [0.3, 0.4) is 0 Å². The molecule has 1 unspecified atom stereocenters. The van der Waals surface area contributed by atoms with Crippen LogP contribution in [-0.4, -0.2) is 55.9 Å². The second-order valence-electron chi connectivity index (χ2n) is 7.20. The molecule has 5 rings (SSSR count). The number of nitrogens with zero attached hydrogens (tertiary/aromatic N) is 7. The molecule has 0 bridgehead atoms. The summed E-state index contributed by atoms with van der Waals surface area (Å²) in [6.45, 7) is 5.01. The summed E-state index contributed by atoms with van der Waals surface area (Å²) in [5.74, 6) is -0.623. The van der Waals surface area contributed by atoms with Crippen molar-refractivity contribution in [2.45, 2.75) is 19.1 Å². The van der Waals surface area contributed by atoms with E-state index in [0.717, 1.165) is 28.1 Å². The molecule has 0 amide bonds. The number of anilines is 1. The molecule has 30 heavy (non-hydrogen) atoms. The summed E-state index contributed by atoms with van der Waals surface area (Å²) in [7, 11) is 0. The summed E-state index contributed by atoms with van der Waals surface area (Å²) in [5, 5.41) is 12.0. The van der Waals surface area contributed by atoms with E-state index in [1.54, 1.807) is 17.4 Å². The Kier molecular flexibility index (Phi) is 4.58. The molecule has 7 nitrogen and oxygen atoms in total. The zero-order valence-electron chi connectivity index (χ0n) is 16.0. The molecular weight excluding hydrogens is 415 g/mol. The lowest BCUT2D eigenvalue weighted by molar-refractivity contribution is -0.146. The lowest BCUT2D eigenvalue weighted by Crippen LogP contribution is -2.47. The van der Waals surface area contributed by atoms with E-state index in [-0.39, 0.29) is 11.7 Å². The van der Waals surface area contributed by atoms with Gasteiger partial charge in [-0.1, -0.05) is 12.1 Å². The molecule has 0 radical (unpaired) electrons. The Hall–Kier alpha value is -2.79. The summed E-state index contributed by atoms with van der Waals surface area (Å²) in [4.78, 5) is 9.08. The van der Waals surface area contributed by atoms with Crippen molar-refractivity contribution in [1.29, 1.82) is 0 Å². The third kappa shape index (κ3) is 3.37. The molecule has 0 saturated carbocycles. The molecule has 1 aliphatic heterocycles. The van der Waals surface area contributed by atoms with E-state index >= 15 is 0 Å². The number of hydrogen-bond donors (Lipinski definition) is 0. The number of aromatic nitrogens is 5. The highest BCUT2D eigenvalue weighted by molar-refractivity contribution is 7.18. The van der Waals surface area contributed by atoms with Gasteiger partial charge in [-0.25, -0.2) is 4.98 Å². The summed E-state index contributed by atoms with van der Waals surface area (Å²) in [6, 6.07) is 11.5. The number of benzene rings is 1. The van der Waals surface area contributed by atoms with Crippen LogP contribution in [0.5, 0.6) is 0 Å². The molecule has 11 heteroatoms. The van der Waals surface area contributed by atoms with E-state index in [0.29, 0.717) is 18.9 Å². The van der Waals surface area contributed by atoms with Crippen molar-refractivity contribution in [1.82, 2.24) is 29.7 Å². The third-order valence-electron chi connectivity index (χ3n) is 5.36. The topological polar surface area (TPSA) is 62.5 Å². The van der Waals surface area contributed by atoms with Gasteiger partial charge in [0.1, 0.15) is 10.8 Å². The molecule has 4 aromatic rings. The molecule has 156 valence electrons. The second kappa shape index (κ2) is 7.17. The highest BCUT2D eigenvalue weighted by Crippen LogP contribution is 2.31. The average molecular weight is 433 g/mol. The van der Waals surface area contributed by atoms with Crippen molar-refractivity contribution in [3.63, 3.8) is 0 Å². The van der Waals surface area contributed by atoms with E-state index < -0.39 is 12.0 Å². The summed E-state index contributed by atoms with van der Waals surface area (Å²) in [6.07, 6.45) is -4.60. The van der Waals surface area contributed by atoms with Crippen molar-refractivity contribution in [3.05, 3.63) is 47.2 Å². The SMILES string of the molecule is CC(c1nc2ccccc2s1)N1CCN(c2ccc3nnc(C(F)(F)F)n3n2)CC1. The molecule has 4 heterocycles. The molecule has 1 fully saturated rings. The minimum atomic E-state index is -4.60. The van der Waals surface area contributed by atoms with E-state index in [1.165, 1.54) is 10.8 Å². The van der Waals surface area contributed by atoms with Crippen LogP contribution in [0.15, 0.2) is 36.4 Å². The molecule has 3 aromatic heterocycles. The minimum Gasteiger partial charge on any atom is -0.353 e. The fourth-order valence-corrected chi connectivity index (χ4v) is 4.74. The van der Waals surface area contributed by atoms with Crippen molar-refractivity contribution < 1.29 is 13.2 Å². The van der Waals surface area contributed by atoms with Crippen LogP contribution < -0.4 is 4.90 Å². The molecule has 1 saturated heterocycles. The van der Waals surface area contributed by atoms with Gasteiger partial charge in [0.2, 0.25) is 0 Å². The Morgan fingerprint density at radius 3 is 2.50 bits per heavy atom. The molecule has 1 atom stereocenters. The van der Waals surface area contributed by atoms with Crippen LogP contribution >= 0.6 is 11.3 Å². The standard InChI is InChI=1S/C19H18F3N7S/c1-12(17-23-13-4-2-3-5-14(13)30-17)27-8-10-28(11-9-27)16-7-6-15-24-25-18(19(20,21)22)29(15)26-16/h2-7,12H,8-11H2,1H3. The zero-order valence-corrected chi connectivity index (χ0v) is 16.9. The van der Waals surface area contributed by atoms with Gasteiger partial charge < -0.3 is 4.90 Å². The van der Waals surface area contributed by atoms with Gasteiger partial charge in [-0.15, -0.1) is 26.6 Å². The largest absolute Gasteiger partial charge is 0.453 e. The summed E-state index contributed by atoms with van der Waals surface area (Å²) >= 11 is 1.70. The first-order chi connectivity index (χ1) is 14.4. The number of piperazine rings is 1. The maximum absolute atomic E-state index is 13.1. The van der Waals surface area contributed by atoms with Crippen molar-refractivity contribution in [2.75, 3.05) is 31.1 Å². The lowest BCUT2D eigenvalue weighted by atomic mass is 10.2. The Morgan fingerprint density at radius 2 is 1.77 bits per heavy atom. The smallest absolute Gasteiger partial charge is 0.353 e. The number of para-hydroxylation sites is 1. The van der Waals surface area contributed by atoms with Gasteiger partial charge in [0.15, 0.2) is 5.65 Å². The van der Waals surface area contributed by atoms with Crippen LogP contribution in [0.4, 0.5) is 19.0 Å². The lowest BCUT2D eigenvalue weighted by Gasteiger charge is -2.37. The number of alkyl halides is 3. The first kappa shape index (κ1) is 19.2. The normalized spacial score (nSPS) is 17.1. The summed E-state index contributed by atoms with van der Waals surface area (Å²) in [5.41, 5.74) is 1.09. The monoisotopic (exact) mass is 433 g/mol. The number of thiazole rings is 1. The molecule has 0 spiro atoms. The number of rotatable bonds is 3. The maximum Gasteiger partial charge on any atom is 0.453 e. The first-order valence-electron chi connectivity index (χ1n) is 9.54. The predicted octanol–water partition coefficient (Wildman–Crippen LogP) is 3.64. The van der Waals surface area contributed by atoms with E-state index in [4.69, 9.17) is 4.98 Å². The molecule has 0 aliphatic carbocycles. The van der Waals surface area contributed by atoms with Gasteiger partial charge in [0.25, 0.3) is 5.82 Å². The van der Waals surface area contributed by atoms with Gasteiger partial charge in [0.05, 0.1) is 16.3 Å². The van der Waals surface area contributed by atoms with Crippen LogP contribution in [0, 0.1) is 0 Å². The van der Waals surface area contributed by atoms with E-state index in [2.05, 4.69) is 33.2 Å². The van der Waals surface area contributed by atoms with Gasteiger partial charge in [0, 0.05) is 26.2 Å². The second-order valence-corrected chi connectivity index (χ2v) is 8.26. The summed E-state index contributed by atoms with van der Waals surface area (Å²) < 4.78 is 41.3. The quantitative estimate of drug-likeness (QED) is 0.492. The highest BCUT2D eigenvalue weighted by Gasteiger charge is 2.38. The Labute approximate surface area is 173 Å². The van der Waals surface area contributed by atoms with Gasteiger partial charge >= 0.3 is 6.18 Å². The van der Waals surface area contributed by atoms with Crippen LogP contribution in [0.2, 0.25) is 0 Å². The van der Waals surface area contributed by atoms with Crippen LogP contribution in [0.25, 0.3) is 15.9 Å². The molecule has 0 N–H and O–H groups in total. The number of halogens is 3. The highest BCUT2D eigenvalue weighted by atomic mass is 32.1. The van der Waals surface area contributed by atoms with Crippen molar-refractivity contribution in [3.8, 4) is 0 Å². The third-order valence-corrected chi connectivity index (χ3v) is 6.56. The predicted molar refractivity (Wildman–Crippen MR) is 108 cm³/mol. The van der Waals surface area contributed by atoms with Crippen LogP contribution in [0.1, 0.15) is 23.8 Å². The first-order valence-corrected chi connectivity index (χ1v) is 10.4. The fraction of sp³-hybridized carbons (Fsp3) is 0.368. The van der Waals surface area contributed by atoms with Crippen LogP contribution in [-0.2, 0) is 6.18 Å². The Balaban J connectivity index is 1.32. The van der Waals surface area contributed by atoms with Gasteiger partial charge in [-0.3, -0.25) is 4.90 Å². The Bertz CT molecular complexity index is 1160. The molecular formula is C19H18F3N7S. The number of fused-ring (bicyclic) bond motifs is 2. The van der Waals surface area contributed by atoms with E-state index in [1.807, 2.05) is 23.1 Å². The maximum atomic E-state index is 13.1.